The summed E-state index contributed by atoms with van der Waals surface area (Å²) in [5, 5.41) is 7.36. The van der Waals surface area contributed by atoms with Gasteiger partial charge in [-0.05, 0) is 43.0 Å². The molecule has 4 rings (SSSR count). The molecule has 7 heteroatoms. The van der Waals surface area contributed by atoms with Crippen LogP contribution in [0.5, 0.6) is 0 Å². The summed E-state index contributed by atoms with van der Waals surface area (Å²) < 4.78 is 29.2. The van der Waals surface area contributed by atoms with E-state index in [0.717, 1.165) is 12.0 Å². The maximum absolute atomic E-state index is 14.1. The summed E-state index contributed by atoms with van der Waals surface area (Å²) in [6.45, 7) is 4.00. The minimum absolute atomic E-state index is 0.209. The van der Waals surface area contributed by atoms with Crippen molar-refractivity contribution in [2.24, 2.45) is 5.73 Å². The molecule has 2 atom stereocenters. The van der Waals surface area contributed by atoms with E-state index < -0.39 is 12.1 Å². The number of halogens is 2. The van der Waals surface area contributed by atoms with Gasteiger partial charge in [-0.25, -0.2) is 13.3 Å². The quantitative estimate of drug-likeness (QED) is 0.604. The molecule has 2 heterocycles. The highest BCUT2D eigenvalue weighted by molar-refractivity contribution is 6.02. The first-order valence-electron chi connectivity index (χ1n) is 9.84. The number of hydrogen-bond donors (Lipinski definition) is 2. The van der Waals surface area contributed by atoms with Crippen LogP contribution in [0.15, 0.2) is 42.7 Å². The molecule has 2 aromatic heterocycles. The van der Waals surface area contributed by atoms with Gasteiger partial charge in [0.25, 0.3) is 5.91 Å². The lowest BCUT2D eigenvalue weighted by Crippen LogP contribution is -2.27. The highest BCUT2D eigenvalue weighted by Gasteiger charge is 2.28. The van der Waals surface area contributed by atoms with Crippen LogP contribution in [0.25, 0.3) is 16.6 Å². The van der Waals surface area contributed by atoms with Crippen molar-refractivity contribution in [2.45, 2.75) is 45.3 Å². The molecule has 30 heavy (non-hydrogen) atoms. The Morgan fingerprint density at radius 3 is 2.57 bits per heavy atom. The van der Waals surface area contributed by atoms with Gasteiger partial charge in [-0.1, -0.05) is 26.0 Å². The molecule has 0 radical (unpaired) electrons. The molecule has 0 aliphatic heterocycles. The van der Waals surface area contributed by atoms with Gasteiger partial charge in [0, 0.05) is 11.8 Å². The zero-order valence-corrected chi connectivity index (χ0v) is 17.1. The Labute approximate surface area is 175 Å². The first-order chi connectivity index (χ1) is 14.5. The average molecular weight is 412 g/mol. The lowest BCUT2D eigenvalue weighted by Gasteiger charge is -2.19. The summed E-state index contributed by atoms with van der Waals surface area (Å²) in [5.41, 5.74) is 8.18. The Morgan fingerprint density at radius 2 is 1.97 bits per heavy atom. The molecular weight excluding hydrogens is 386 g/mol. The Kier molecular flexibility index (Phi) is 7.93. The number of benzene rings is 1. The second-order valence-corrected chi connectivity index (χ2v) is 6.56. The fraction of sp³-hybridized carbons (Fsp3) is 0.304. The number of rotatable bonds is 4. The molecule has 0 bridgehead atoms. The Balaban J connectivity index is 0.000000757. The van der Waals surface area contributed by atoms with Crippen molar-refractivity contribution in [3.05, 3.63) is 54.1 Å². The van der Waals surface area contributed by atoms with Crippen LogP contribution in [0.2, 0.25) is 0 Å². The molecule has 1 amide bonds. The average Bonchev–Trinajstić information content (AvgIpc) is 3.37. The fourth-order valence-electron chi connectivity index (χ4n) is 3.48. The molecule has 1 aromatic carbocycles. The second-order valence-electron chi connectivity index (χ2n) is 6.56. The van der Waals surface area contributed by atoms with E-state index in [1.807, 2.05) is 13.8 Å². The Hall–Kier alpha value is -3.40. The third kappa shape index (κ3) is 4.77. The number of carbonyl (C=O) groups excluding carboxylic acids is 1. The zero-order chi connectivity index (χ0) is 22.3. The van der Waals surface area contributed by atoms with Gasteiger partial charge >= 0.3 is 0 Å². The van der Waals surface area contributed by atoms with Crippen LogP contribution in [-0.4, -0.2) is 27.7 Å². The number of nitrogens with two attached hydrogens (primary N) is 1. The number of nitrogens with zero attached hydrogens (tertiary/aromatic N) is 2. The number of hydrogen-bond acceptors (Lipinski definition) is 3. The van der Waals surface area contributed by atoms with E-state index in [9.17, 15) is 13.6 Å². The molecule has 0 saturated heterocycles. The largest absolute Gasteiger partial charge is 0.377 e. The van der Waals surface area contributed by atoms with Gasteiger partial charge in [0.15, 0.2) is 0 Å². The van der Waals surface area contributed by atoms with Crippen molar-refractivity contribution >= 4 is 17.1 Å². The zero-order valence-electron chi connectivity index (χ0n) is 17.1. The van der Waals surface area contributed by atoms with Gasteiger partial charge in [-0.15, -0.1) is 12.8 Å². The number of terminal acetylenes is 1. The van der Waals surface area contributed by atoms with E-state index >= 15 is 0 Å². The first-order valence-corrected chi connectivity index (χ1v) is 9.84. The topological polar surface area (TPSA) is 72.4 Å². The summed E-state index contributed by atoms with van der Waals surface area (Å²) in [6, 6.07) is 7.63. The highest BCUT2D eigenvalue weighted by Crippen LogP contribution is 2.32. The van der Waals surface area contributed by atoms with Crippen LogP contribution in [0, 0.1) is 18.7 Å². The molecule has 1 aliphatic carbocycles. The number of aromatic nitrogens is 2. The van der Waals surface area contributed by atoms with Crippen molar-refractivity contribution < 1.29 is 13.6 Å². The monoisotopic (exact) mass is 412 g/mol. The van der Waals surface area contributed by atoms with Crippen molar-refractivity contribution in [3.63, 3.8) is 0 Å². The Morgan fingerprint density at radius 1 is 1.23 bits per heavy atom. The number of primary amides is 1. The van der Waals surface area contributed by atoms with Gasteiger partial charge in [-0.3, -0.25) is 4.79 Å². The van der Waals surface area contributed by atoms with E-state index in [4.69, 9.17) is 5.73 Å². The molecule has 1 saturated carbocycles. The van der Waals surface area contributed by atoms with Gasteiger partial charge < -0.3 is 11.1 Å². The van der Waals surface area contributed by atoms with E-state index in [0.29, 0.717) is 29.6 Å². The predicted molar refractivity (Wildman–Crippen MR) is 116 cm³/mol. The van der Waals surface area contributed by atoms with Gasteiger partial charge in [0.05, 0.1) is 29.0 Å². The maximum atomic E-state index is 14.1. The third-order valence-electron chi connectivity index (χ3n) is 4.82. The number of fused-ring (bicyclic) bond motifs is 1. The molecular formula is C23H26F2N4O. The molecule has 0 spiro atoms. The van der Waals surface area contributed by atoms with E-state index in [2.05, 4.69) is 23.3 Å². The van der Waals surface area contributed by atoms with E-state index in [1.54, 1.807) is 28.9 Å². The van der Waals surface area contributed by atoms with Crippen molar-refractivity contribution in [1.82, 2.24) is 9.61 Å². The van der Waals surface area contributed by atoms with Crippen molar-refractivity contribution in [2.75, 3.05) is 5.32 Å². The van der Waals surface area contributed by atoms with Crippen molar-refractivity contribution in [3.8, 4) is 24.0 Å². The summed E-state index contributed by atoms with van der Waals surface area (Å²) in [5.74, 6) is -0.975. The number of nitrogens with one attached hydrogen (secondary N) is 1. The van der Waals surface area contributed by atoms with Crippen LogP contribution in [0.4, 0.5) is 14.5 Å². The molecule has 1 aliphatic rings. The lowest BCUT2D eigenvalue weighted by molar-refractivity contribution is 0.100. The van der Waals surface area contributed by atoms with Crippen LogP contribution < -0.4 is 11.1 Å². The first kappa shape index (κ1) is 22.9. The minimum Gasteiger partial charge on any atom is -0.377 e. The summed E-state index contributed by atoms with van der Waals surface area (Å²) >= 11 is 0. The summed E-state index contributed by atoms with van der Waals surface area (Å²) in [7, 11) is 0. The molecule has 5 nitrogen and oxygen atoms in total. The molecule has 3 N–H and O–H groups in total. The van der Waals surface area contributed by atoms with E-state index in [-0.39, 0.29) is 17.4 Å². The summed E-state index contributed by atoms with van der Waals surface area (Å²) in [4.78, 5) is 11.8. The molecule has 3 aromatic rings. The van der Waals surface area contributed by atoms with E-state index in [1.165, 1.54) is 18.3 Å². The van der Waals surface area contributed by atoms with Crippen LogP contribution in [-0.2, 0) is 0 Å². The SMILES string of the molecule is C#C.CC.NC(=O)c1cnn2cc(-c3cccc(F)c3)cc2c1N[C@@H]1CCC[C@@H]1F. The number of amides is 1. The van der Waals surface area contributed by atoms with Crippen LogP contribution in [0.1, 0.15) is 43.5 Å². The highest BCUT2D eigenvalue weighted by atomic mass is 19.1. The fourth-order valence-corrected chi connectivity index (χ4v) is 3.48. The number of carbonyl (C=O) groups is 1. The summed E-state index contributed by atoms with van der Waals surface area (Å²) in [6.07, 6.45) is 12.1. The second kappa shape index (κ2) is 10.4. The smallest absolute Gasteiger partial charge is 0.252 e. The van der Waals surface area contributed by atoms with Crippen LogP contribution >= 0.6 is 0 Å². The Bertz CT molecular complexity index is 1030. The number of anilines is 1. The molecule has 158 valence electrons. The maximum Gasteiger partial charge on any atom is 0.252 e. The van der Waals surface area contributed by atoms with Crippen LogP contribution in [0.3, 0.4) is 0 Å². The standard InChI is InChI=1S/C19H18F2N4O.C2H6.C2H2/c20-13-4-1-3-11(7-13)12-8-17-18(24-16-6-2-5-15(16)21)14(19(22)26)9-23-25(17)10-12;2*1-2/h1,3-4,7-10,15-16,24H,2,5-6H2,(H2,22,26);1-2H3;1-2H/t15-,16+;;/m0../s1. The lowest BCUT2D eigenvalue weighted by atomic mass is 10.1. The molecule has 1 fully saturated rings. The number of alkyl halides is 1. The van der Waals surface area contributed by atoms with Crippen molar-refractivity contribution in [1.29, 1.82) is 0 Å². The van der Waals surface area contributed by atoms with Gasteiger partial charge in [0.2, 0.25) is 0 Å². The van der Waals surface area contributed by atoms with Gasteiger partial charge in [0.1, 0.15) is 12.0 Å². The predicted octanol–water partition coefficient (Wildman–Crippen LogP) is 4.82. The minimum atomic E-state index is -0.971. The third-order valence-corrected chi connectivity index (χ3v) is 4.82. The van der Waals surface area contributed by atoms with Gasteiger partial charge in [-0.2, -0.15) is 5.10 Å². The normalized spacial score (nSPS) is 17.4. The molecule has 0 unspecified atom stereocenters.